The Balaban J connectivity index is -0.0000000635. The SMILES string of the molecule is C.C.C.C.C.C.C.C.C.C=C[Si](C)(O)OP(=O)(O[Si](C)(O)C=C)c1ccccc1. The molecule has 2 N–H and O–H groups in total. The molecule has 0 aliphatic heterocycles. The van der Waals surface area contributed by atoms with Crippen LogP contribution in [0.3, 0.4) is 0 Å². The summed E-state index contributed by atoms with van der Waals surface area (Å²) in [7, 11) is -10.6. The number of rotatable bonds is 7. The molecular weight excluding hydrogens is 419 g/mol. The van der Waals surface area contributed by atoms with Gasteiger partial charge in [-0.2, -0.15) is 0 Å². The van der Waals surface area contributed by atoms with Crippen molar-refractivity contribution in [3.63, 3.8) is 0 Å². The first-order chi connectivity index (χ1) is 9.14. The summed E-state index contributed by atoms with van der Waals surface area (Å²) in [6, 6.07) is 8.20. The molecule has 1 rings (SSSR count). The topological polar surface area (TPSA) is 76.0 Å². The van der Waals surface area contributed by atoms with E-state index in [4.69, 9.17) is 8.43 Å². The largest absolute Gasteiger partial charge is 0.408 e. The summed E-state index contributed by atoms with van der Waals surface area (Å²) < 4.78 is 23.6. The average Bonchev–Trinajstić information content (AvgIpc) is 2.38. The van der Waals surface area contributed by atoms with Crippen molar-refractivity contribution in [3.8, 4) is 0 Å². The summed E-state index contributed by atoms with van der Waals surface area (Å²) >= 11 is 0. The molecule has 8 heteroatoms. The number of hydrogen-bond acceptors (Lipinski definition) is 5. The Morgan fingerprint density at radius 2 is 1.03 bits per heavy atom. The fourth-order valence-electron chi connectivity index (χ4n) is 1.30. The van der Waals surface area contributed by atoms with E-state index in [2.05, 4.69) is 13.2 Å². The zero-order valence-electron chi connectivity index (χ0n) is 11.5. The first-order valence-electron chi connectivity index (χ1n) is 5.93. The normalized spacial score (nSPS) is 13.9. The highest BCUT2D eigenvalue weighted by molar-refractivity contribution is 7.64. The van der Waals surface area contributed by atoms with E-state index in [1.165, 1.54) is 24.5 Å². The molecule has 5 nitrogen and oxygen atoms in total. The van der Waals surface area contributed by atoms with E-state index in [9.17, 15) is 14.2 Å². The maximum absolute atomic E-state index is 13.0. The van der Waals surface area contributed by atoms with Crippen LogP contribution in [0.1, 0.15) is 66.8 Å². The van der Waals surface area contributed by atoms with Crippen molar-refractivity contribution in [1.82, 2.24) is 0 Å². The number of benzene rings is 1. The molecule has 0 spiro atoms. The zero-order valence-corrected chi connectivity index (χ0v) is 14.4. The molecule has 182 valence electrons. The molecule has 1 aromatic carbocycles. The van der Waals surface area contributed by atoms with Gasteiger partial charge in [-0.15, -0.1) is 13.2 Å². The Morgan fingerprint density at radius 3 is 1.28 bits per heavy atom. The summed E-state index contributed by atoms with van der Waals surface area (Å²) in [5.41, 5.74) is 2.46. The third kappa shape index (κ3) is 17.7. The van der Waals surface area contributed by atoms with Gasteiger partial charge in [0.05, 0.1) is 5.30 Å². The summed E-state index contributed by atoms with van der Waals surface area (Å²) in [4.78, 5) is 20.1. The molecule has 0 saturated heterocycles. The van der Waals surface area contributed by atoms with Crippen molar-refractivity contribution >= 4 is 30.0 Å². The smallest absolute Gasteiger partial charge is 0.366 e. The summed E-state index contributed by atoms with van der Waals surface area (Å²) in [6.07, 6.45) is 0. The fraction of sp³-hybridized carbons (Fsp3) is 0.524. The molecule has 2 unspecified atom stereocenters. The maximum Gasteiger partial charge on any atom is 0.366 e. The van der Waals surface area contributed by atoms with E-state index in [-0.39, 0.29) is 72.1 Å². The van der Waals surface area contributed by atoms with Gasteiger partial charge in [0, 0.05) is 0 Å². The Kier molecular flexibility index (Phi) is 42.7. The molecule has 0 aliphatic carbocycles. The second kappa shape index (κ2) is 21.9. The molecular formula is C21H55O5PSi2. The molecule has 2 atom stereocenters. The van der Waals surface area contributed by atoms with Crippen LogP contribution in [0.2, 0.25) is 13.1 Å². The van der Waals surface area contributed by atoms with Crippen molar-refractivity contribution in [2.24, 2.45) is 0 Å². The van der Waals surface area contributed by atoms with Gasteiger partial charge in [-0.1, -0.05) is 85.0 Å². The van der Waals surface area contributed by atoms with E-state index in [0.29, 0.717) is 0 Å². The first kappa shape index (κ1) is 56.6. The minimum Gasteiger partial charge on any atom is -0.408 e. The third-order valence-corrected chi connectivity index (χ3v) is 9.77. The second-order valence-electron chi connectivity index (χ2n) is 4.53. The van der Waals surface area contributed by atoms with Gasteiger partial charge in [0.1, 0.15) is 0 Å². The van der Waals surface area contributed by atoms with Crippen molar-refractivity contribution < 1.29 is 22.6 Å². The molecule has 1 aromatic rings. The van der Waals surface area contributed by atoms with Crippen molar-refractivity contribution in [2.45, 2.75) is 79.9 Å². The Morgan fingerprint density at radius 1 is 0.759 bits per heavy atom. The number of hydrogen-bond donors (Lipinski definition) is 2. The first-order valence-corrected chi connectivity index (χ1v) is 12.3. The lowest BCUT2D eigenvalue weighted by atomic mass is 10.4. The van der Waals surface area contributed by atoms with Crippen LogP contribution in [-0.4, -0.2) is 26.7 Å². The minimum absolute atomic E-state index is 0. The van der Waals surface area contributed by atoms with Gasteiger partial charge in [-0.05, 0) is 36.6 Å². The highest BCUT2D eigenvalue weighted by atomic mass is 31.2. The predicted molar refractivity (Wildman–Crippen MR) is 144 cm³/mol. The predicted octanol–water partition coefficient (Wildman–Crippen LogP) is 7.84. The van der Waals surface area contributed by atoms with Gasteiger partial charge in [0.15, 0.2) is 0 Å². The summed E-state index contributed by atoms with van der Waals surface area (Å²) in [6.45, 7) is 9.77. The van der Waals surface area contributed by atoms with Crippen LogP contribution in [0.5, 0.6) is 0 Å². The Bertz CT molecular complexity index is 509. The van der Waals surface area contributed by atoms with E-state index in [1.54, 1.807) is 30.3 Å². The van der Waals surface area contributed by atoms with Crippen molar-refractivity contribution in [1.29, 1.82) is 0 Å². The lowest BCUT2D eigenvalue weighted by Crippen LogP contribution is -2.38. The van der Waals surface area contributed by atoms with Crippen LogP contribution in [-0.2, 0) is 13.0 Å². The summed E-state index contributed by atoms with van der Waals surface area (Å²) in [5, 5.41) is 0.268. The second-order valence-corrected chi connectivity index (χ2v) is 12.5. The Hall–Kier alpha value is -0.796. The molecule has 0 fully saturated rings. The maximum atomic E-state index is 13.0. The molecule has 0 radical (unpaired) electrons. The highest BCUT2D eigenvalue weighted by Gasteiger charge is 2.42. The molecule has 0 amide bonds. The molecule has 0 aliphatic rings. The minimum atomic E-state index is -3.87. The van der Waals surface area contributed by atoms with Crippen LogP contribution in [0.25, 0.3) is 0 Å². The lowest BCUT2D eigenvalue weighted by Gasteiger charge is -2.29. The molecule has 0 aromatic heterocycles. The van der Waals surface area contributed by atoms with Crippen molar-refractivity contribution in [2.75, 3.05) is 0 Å². The van der Waals surface area contributed by atoms with E-state index in [0.717, 1.165) is 0 Å². The molecule has 29 heavy (non-hydrogen) atoms. The highest BCUT2D eigenvalue weighted by Crippen LogP contribution is 2.51. The van der Waals surface area contributed by atoms with E-state index in [1.807, 2.05) is 0 Å². The van der Waals surface area contributed by atoms with Crippen LogP contribution in [0, 0.1) is 0 Å². The van der Waals surface area contributed by atoms with Gasteiger partial charge in [-0.3, -0.25) is 4.57 Å². The van der Waals surface area contributed by atoms with Gasteiger partial charge in [0.25, 0.3) is 0 Å². The zero-order chi connectivity index (χ0) is 15.4. The van der Waals surface area contributed by atoms with Crippen molar-refractivity contribution in [3.05, 3.63) is 54.9 Å². The van der Waals surface area contributed by atoms with Gasteiger partial charge in [-0.25, -0.2) is 0 Å². The van der Waals surface area contributed by atoms with Crippen LogP contribution < -0.4 is 5.30 Å². The molecule has 0 saturated carbocycles. The molecule has 0 bridgehead atoms. The van der Waals surface area contributed by atoms with Gasteiger partial charge in [0.2, 0.25) is 0 Å². The average molecular weight is 475 g/mol. The molecule has 0 heterocycles. The van der Waals surface area contributed by atoms with Crippen LogP contribution in [0.15, 0.2) is 54.9 Å². The standard InChI is InChI=1S/C12H19O5PSi2.9CH4/c1-5-19(3,14)16-18(13,17-20(4,15)6-2)12-10-8-7-9-11-12;;;;;;;;;/h5-11,14-15H,1-2H2,3-4H3;9*1H4. The van der Waals surface area contributed by atoms with Gasteiger partial charge >= 0.3 is 24.7 Å². The van der Waals surface area contributed by atoms with Crippen LogP contribution in [0.4, 0.5) is 0 Å². The monoisotopic (exact) mass is 474 g/mol. The van der Waals surface area contributed by atoms with E-state index >= 15 is 0 Å². The summed E-state index contributed by atoms with van der Waals surface area (Å²) in [5.74, 6) is 0. The Labute approximate surface area is 187 Å². The quantitative estimate of drug-likeness (QED) is 0.311. The van der Waals surface area contributed by atoms with Gasteiger partial charge < -0.3 is 18.0 Å². The third-order valence-electron chi connectivity index (χ3n) is 2.44. The van der Waals surface area contributed by atoms with Crippen LogP contribution >= 0.6 is 7.60 Å². The van der Waals surface area contributed by atoms with E-state index < -0.39 is 24.7 Å². The fourth-order valence-corrected chi connectivity index (χ4v) is 7.65. The lowest BCUT2D eigenvalue weighted by molar-refractivity contribution is 0.318.